The molecule has 1 unspecified atom stereocenters. The topological polar surface area (TPSA) is 100 Å². The fraction of sp³-hybridized carbons (Fsp3) is 0.357. The highest BCUT2D eigenvalue weighted by atomic mass is 16.4. The fourth-order valence-corrected chi connectivity index (χ4v) is 1.90. The molecule has 0 spiro atoms. The lowest BCUT2D eigenvalue weighted by molar-refractivity contribution is 0.149. The van der Waals surface area contributed by atoms with Crippen LogP contribution in [-0.4, -0.2) is 27.7 Å². The minimum Gasteiger partial charge on any atom is -0.467 e. The molecular weight excluding hydrogens is 272 g/mol. The van der Waals surface area contributed by atoms with Gasteiger partial charge in [0.2, 0.25) is 0 Å². The van der Waals surface area contributed by atoms with E-state index in [4.69, 9.17) is 4.42 Å². The van der Waals surface area contributed by atoms with Crippen molar-refractivity contribution in [1.82, 2.24) is 15.3 Å². The molecule has 1 saturated carbocycles. The first-order valence-corrected chi connectivity index (χ1v) is 6.80. The van der Waals surface area contributed by atoms with Crippen LogP contribution in [0.4, 0.5) is 10.5 Å². The Hall–Kier alpha value is -2.41. The average molecular weight is 288 g/mol. The van der Waals surface area contributed by atoms with E-state index in [-0.39, 0.29) is 6.54 Å². The van der Waals surface area contributed by atoms with Crippen LogP contribution in [-0.2, 0) is 0 Å². The normalized spacial score (nSPS) is 15.5. The van der Waals surface area contributed by atoms with Crippen LogP contribution >= 0.6 is 0 Å². The number of anilines is 1. The molecule has 0 bridgehead atoms. The fourth-order valence-electron chi connectivity index (χ4n) is 1.90. The Morgan fingerprint density at radius 1 is 1.43 bits per heavy atom. The van der Waals surface area contributed by atoms with Gasteiger partial charge in [-0.1, -0.05) is 0 Å². The van der Waals surface area contributed by atoms with Crippen molar-refractivity contribution in [3.05, 3.63) is 42.4 Å². The monoisotopic (exact) mass is 288 g/mol. The number of aliphatic hydroxyl groups excluding tert-OH is 1. The minimum absolute atomic E-state index is 0.0559. The zero-order chi connectivity index (χ0) is 14.7. The van der Waals surface area contributed by atoms with Crippen molar-refractivity contribution in [2.45, 2.75) is 24.9 Å². The Bertz CT molecular complexity index is 593. The van der Waals surface area contributed by atoms with Crippen molar-refractivity contribution in [3.8, 4) is 0 Å². The SMILES string of the molecule is O=C(NCC(O)c1ccco1)Nc1cnc(C2CC2)nc1. The highest BCUT2D eigenvalue weighted by Gasteiger charge is 2.26. The molecule has 110 valence electrons. The van der Waals surface area contributed by atoms with E-state index in [2.05, 4.69) is 20.6 Å². The molecule has 1 atom stereocenters. The lowest BCUT2D eigenvalue weighted by Gasteiger charge is -2.10. The van der Waals surface area contributed by atoms with Crippen LogP contribution in [0.5, 0.6) is 0 Å². The molecule has 7 nitrogen and oxygen atoms in total. The average Bonchev–Trinajstić information content (AvgIpc) is 3.20. The van der Waals surface area contributed by atoms with Crippen molar-refractivity contribution in [2.75, 3.05) is 11.9 Å². The van der Waals surface area contributed by atoms with Gasteiger partial charge in [0.15, 0.2) is 0 Å². The predicted octanol–water partition coefficient (Wildman–Crippen LogP) is 1.80. The largest absolute Gasteiger partial charge is 0.467 e. The Morgan fingerprint density at radius 2 is 2.19 bits per heavy atom. The van der Waals surface area contributed by atoms with Crippen LogP contribution in [0.3, 0.4) is 0 Å². The predicted molar refractivity (Wildman–Crippen MR) is 74.7 cm³/mol. The molecular formula is C14H16N4O3. The van der Waals surface area contributed by atoms with Gasteiger partial charge in [-0.3, -0.25) is 0 Å². The van der Waals surface area contributed by atoms with E-state index in [1.807, 2.05) is 0 Å². The van der Waals surface area contributed by atoms with Gasteiger partial charge in [0.1, 0.15) is 17.7 Å². The quantitative estimate of drug-likeness (QED) is 0.779. The number of carbonyl (C=O) groups is 1. The third-order valence-electron chi connectivity index (χ3n) is 3.20. The maximum absolute atomic E-state index is 11.7. The van der Waals surface area contributed by atoms with E-state index < -0.39 is 12.1 Å². The van der Waals surface area contributed by atoms with Crippen LogP contribution in [0, 0.1) is 0 Å². The van der Waals surface area contributed by atoms with E-state index in [9.17, 15) is 9.90 Å². The van der Waals surface area contributed by atoms with Gasteiger partial charge in [0.05, 0.1) is 30.9 Å². The summed E-state index contributed by atoms with van der Waals surface area (Å²) < 4.78 is 5.05. The highest BCUT2D eigenvalue weighted by Crippen LogP contribution is 2.37. The number of urea groups is 1. The van der Waals surface area contributed by atoms with Crippen LogP contribution in [0.25, 0.3) is 0 Å². The van der Waals surface area contributed by atoms with Crippen LogP contribution in [0.2, 0.25) is 0 Å². The summed E-state index contributed by atoms with van der Waals surface area (Å²) in [6.07, 6.45) is 6.04. The maximum atomic E-state index is 11.7. The Morgan fingerprint density at radius 3 is 2.81 bits per heavy atom. The third-order valence-corrected chi connectivity index (χ3v) is 3.20. The minimum atomic E-state index is -0.876. The maximum Gasteiger partial charge on any atom is 0.319 e. The van der Waals surface area contributed by atoms with E-state index in [1.54, 1.807) is 24.5 Å². The van der Waals surface area contributed by atoms with E-state index in [0.717, 1.165) is 18.7 Å². The molecule has 2 heterocycles. The summed E-state index contributed by atoms with van der Waals surface area (Å²) in [5.41, 5.74) is 0.518. The zero-order valence-corrected chi connectivity index (χ0v) is 11.3. The molecule has 0 radical (unpaired) electrons. The number of rotatable bonds is 5. The molecule has 1 aliphatic carbocycles. The second-order valence-electron chi connectivity index (χ2n) is 4.97. The summed E-state index contributed by atoms with van der Waals surface area (Å²) in [6, 6.07) is 2.90. The van der Waals surface area contributed by atoms with Crippen molar-refractivity contribution in [1.29, 1.82) is 0 Å². The number of hydrogen-bond donors (Lipinski definition) is 3. The molecule has 0 aromatic carbocycles. The first-order chi connectivity index (χ1) is 10.2. The number of aromatic nitrogens is 2. The summed E-state index contributed by atoms with van der Waals surface area (Å²) in [6.45, 7) is 0.0559. The standard InChI is InChI=1S/C14H16N4O3/c19-11(12-2-1-5-21-12)8-17-14(20)18-10-6-15-13(16-7-10)9-3-4-9/h1-2,5-7,9,11,19H,3-4,8H2,(H2,17,18,20). The summed E-state index contributed by atoms with van der Waals surface area (Å²) in [5.74, 6) is 1.72. The molecule has 0 aliphatic heterocycles. The summed E-state index contributed by atoms with van der Waals surface area (Å²) in [5, 5.41) is 14.9. The molecule has 2 amide bonds. The first-order valence-electron chi connectivity index (χ1n) is 6.80. The van der Waals surface area contributed by atoms with Crippen LogP contribution in [0.15, 0.2) is 35.2 Å². The second kappa shape index (κ2) is 5.92. The molecule has 2 aromatic rings. The van der Waals surface area contributed by atoms with Crippen LogP contribution in [0.1, 0.15) is 36.4 Å². The Kier molecular flexibility index (Phi) is 3.83. The molecule has 1 aliphatic rings. The zero-order valence-electron chi connectivity index (χ0n) is 11.3. The van der Waals surface area contributed by atoms with Crippen molar-refractivity contribution in [3.63, 3.8) is 0 Å². The molecule has 3 rings (SSSR count). The second-order valence-corrected chi connectivity index (χ2v) is 4.97. The highest BCUT2D eigenvalue weighted by molar-refractivity contribution is 5.88. The first kappa shape index (κ1) is 13.6. The number of nitrogens with one attached hydrogen (secondary N) is 2. The van der Waals surface area contributed by atoms with Gasteiger partial charge < -0.3 is 20.2 Å². The van der Waals surface area contributed by atoms with Gasteiger partial charge in [-0.25, -0.2) is 14.8 Å². The van der Waals surface area contributed by atoms with Gasteiger partial charge in [-0.05, 0) is 25.0 Å². The number of hydrogen-bond acceptors (Lipinski definition) is 5. The van der Waals surface area contributed by atoms with Gasteiger partial charge in [0.25, 0.3) is 0 Å². The number of aliphatic hydroxyl groups is 1. The number of amides is 2. The molecule has 1 fully saturated rings. The Balaban J connectivity index is 1.47. The third kappa shape index (κ3) is 3.57. The molecule has 3 N–H and O–H groups in total. The smallest absolute Gasteiger partial charge is 0.319 e. The lowest BCUT2D eigenvalue weighted by atomic mass is 10.3. The summed E-state index contributed by atoms with van der Waals surface area (Å²) in [7, 11) is 0. The van der Waals surface area contributed by atoms with Gasteiger partial charge in [-0.15, -0.1) is 0 Å². The summed E-state index contributed by atoms with van der Waals surface area (Å²) in [4.78, 5) is 20.1. The number of nitrogens with zero attached hydrogens (tertiary/aromatic N) is 2. The van der Waals surface area contributed by atoms with Gasteiger partial charge in [0, 0.05) is 5.92 Å². The number of furan rings is 1. The molecule has 7 heteroatoms. The molecule has 2 aromatic heterocycles. The van der Waals surface area contributed by atoms with Crippen molar-refractivity contribution >= 4 is 11.7 Å². The van der Waals surface area contributed by atoms with E-state index in [0.29, 0.717) is 17.4 Å². The van der Waals surface area contributed by atoms with E-state index in [1.165, 1.54) is 6.26 Å². The molecule has 0 saturated heterocycles. The number of carbonyl (C=O) groups excluding carboxylic acids is 1. The van der Waals surface area contributed by atoms with Crippen molar-refractivity contribution in [2.24, 2.45) is 0 Å². The molecule has 21 heavy (non-hydrogen) atoms. The van der Waals surface area contributed by atoms with Gasteiger partial charge in [-0.2, -0.15) is 0 Å². The van der Waals surface area contributed by atoms with Gasteiger partial charge >= 0.3 is 6.03 Å². The summed E-state index contributed by atoms with van der Waals surface area (Å²) >= 11 is 0. The van der Waals surface area contributed by atoms with E-state index >= 15 is 0 Å². The van der Waals surface area contributed by atoms with Crippen LogP contribution < -0.4 is 10.6 Å². The van der Waals surface area contributed by atoms with Crippen molar-refractivity contribution < 1.29 is 14.3 Å². The Labute approximate surface area is 121 Å². The lowest BCUT2D eigenvalue weighted by Crippen LogP contribution is -2.32.